The molecule has 1 saturated heterocycles. The summed E-state index contributed by atoms with van der Waals surface area (Å²) in [7, 11) is 0. The van der Waals surface area contributed by atoms with E-state index in [1.807, 2.05) is 36.4 Å². The topological polar surface area (TPSA) is 44.4 Å². The van der Waals surface area contributed by atoms with Crippen LogP contribution < -0.4 is 10.6 Å². The Morgan fingerprint density at radius 3 is 2.38 bits per heavy atom. The molecule has 0 spiro atoms. The number of hydrogen-bond donors (Lipinski definition) is 2. The maximum atomic E-state index is 12.1. The molecule has 1 aliphatic rings. The number of benzene rings is 2. The Morgan fingerprint density at radius 1 is 1.00 bits per heavy atom. The first-order chi connectivity index (χ1) is 11.8. The Hall–Kier alpha value is -2.33. The number of rotatable bonds is 5. The molecule has 24 heavy (non-hydrogen) atoms. The van der Waals surface area contributed by atoms with Crippen LogP contribution in [0.1, 0.15) is 24.0 Å². The lowest BCUT2D eigenvalue weighted by molar-refractivity contribution is 0.180. The van der Waals surface area contributed by atoms with E-state index in [9.17, 15) is 4.79 Å². The van der Waals surface area contributed by atoms with E-state index in [0.29, 0.717) is 6.54 Å². The molecule has 0 saturated carbocycles. The van der Waals surface area contributed by atoms with Crippen molar-refractivity contribution in [3.8, 4) is 0 Å². The second kappa shape index (κ2) is 8.50. The third-order valence-electron chi connectivity index (χ3n) is 4.39. The number of carbonyl (C=O) groups is 1. The van der Waals surface area contributed by atoms with E-state index in [1.165, 1.54) is 5.56 Å². The molecule has 0 aromatic heterocycles. The Kier molecular flexibility index (Phi) is 5.85. The van der Waals surface area contributed by atoms with Gasteiger partial charge in [-0.3, -0.25) is 4.90 Å². The largest absolute Gasteiger partial charge is 0.334 e. The van der Waals surface area contributed by atoms with Gasteiger partial charge in [0.2, 0.25) is 0 Å². The summed E-state index contributed by atoms with van der Waals surface area (Å²) < 4.78 is 0. The summed E-state index contributed by atoms with van der Waals surface area (Å²) >= 11 is 0. The first-order valence-electron chi connectivity index (χ1n) is 8.64. The van der Waals surface area contributed by atoms with Crippen LogP contribution in [0.3, 0.4) is 0 Å². The average molecular weight is 323 g/mol. The Balaban J connectivity index is 1.44. The highest BCUT2D eigenvalue weighted by atomic mass is 16.2. The number of amides is 2. The predicted octanol–water partition coefficient (Wildman–Crippen LogP) is 3.15. The zero-order chi connectivity index (χ0) is 16.6. The Labute approximate surface area is 143 Å². The Bertz CT molecular complexity index is 630. The maximum absolute atomic E-state index is 12.1. The molecule has 1 fully saturated rings. The van der Waals surface area contributed by atoms with Gasteiger partial charge in [0.1, 0.15) is 0 Å². The summed E-state index contributed by atoms with van der Waals surface area (Å²) in [6.45, 7) is 3.52. The van der Waals surface area contributed by atoms with Gasteiger partial charge in [-0.15, -0.1) is 0 Å². The van der Waals surface area contributed by atoms with E-state index >= 15 is 0 Å². The first-order valence-corrected chi connectivity index (χ1v) is 8.64. The van der Waals surface area contributed by atoms with E-state index < -0.39 is 0 Å². The fourth-order valence-corrected chi connectivity index (χ4v) is 3.17. The molecule has 2 amide bonds. The van der Waals surface area contributed by atoms with Crippen LogP contribution in [0.25, 0.3) is 0 Å². The number of likely N-dealkylation sites (tertiary alicyclic amines) is 1. The number of urea groups is 1. The first kappa shape index (κ1) is 16.5. The minimum absolute atomic E-state index is 0.0783. The minimum Gasteiger partial charge on any atom is -0.334 e. The fraction of sp³-hybridized carbons (Fsp3) is 0.350. The molecule has 2 N–H and O–H groups in total. The molecule has 2 aromatic carbocycles. The van der Waals surface area contributed by atoms with Crippen LogP contribution >= 0.6 is 0 Å². The lowest BCUT2D eigenvalue weighted by Gasteiger charge is -2.33. The van der Waals surface area contributed by atoms with Crippen molar-refractivity contribution < 1.29 is 4.79 Å². The molecule has 2 aromatic rings. The molecule has 1 atom stereocenters. The zero-order valence-corrected chi connectivity index (χ0v) is 13.9. The van der Waals surface area contributed by atoms with E-state index in [0.717, 1.165) is 38.0 Å². The highest BCUT2D eigenvalue weighted by Gasteiger charge is 2.21. The van der Waals surface area contributed by atoms with Crippen molar-refractivity contribution in [1.29, 1.82) is 0 Å². The van der Waals surface area contributed by atoms with Crippen molar-refractivity contribution in [2.45, 2.75) is 32.0 Å². The number of nitrogens with zero attached hydrogens (tertiary/aromatic N) is 1. The molecule has 3 rings (SSSR count). The van der Waals surface area contributed by atoms with Gasteiger partial charge in [0.05, 0.1) is 0 Å². The summed E-state index contributed by atoms with van der Waals surface area (Å²) in [5.74, 6) is 0. The third kappa shape index (κ3) is 5.10. The molecule has 126 valence electrons. The number of piperidine rings is 1. The molecule has 0 bridgehead atoms. The van der Waals surface area contributed by atoms with Crippen molar-refractivity contribution >= 4 is 6.03 Å². The van der Waals surface area contributed by atoms with Gasteiger partial charge in [-0.1, -0.05) is 60.7 Å². The van der Waals surface area contributed by atoms with Crippen LogP contribution in [0.5, 0.6) is 0 Å². The molecule has 0 radical (unpaired) electrons. The van der Waals surface area contributed by atoms with Crippen LogP contribution in [-0.4, -0.2) is 30.1 Å². The van der Waals surface area contributed by atoms with Gasteiger partial charge in [-0.05, 0) is 30.5 Å². The molecular formula is C20H25N3O. The molecule has 0 aliphatic carbocycles. The molecule has 0 unspecified atom stereocenters. The van der Waals surface area contributed by atoms with Crippen molar-refractivity contribution in [1.82, 2.24) is 15.5 Å². The smallest absolute Gasteiger partial charge is 0.315 e. The highest BCUT2D eigenvalue weighted by Crippen LogP contribution is 2.13. The molecule has 1 aliphatic heterocycles. The summed E-state index contributed by atoms with van der Waals surface area (Å²) in [5.41, 5.74) is 2.44. The summed E-state index contributed by atoms with van der Waals surface area (Å²) in [6, 6.07) is 20.6. The second-order valence-electron chi connectivity index (χ2n) is 6.37. The van der Waals surface area contributed by atoms with Gasteiger partial charge >= 0.3 is 6.03 Å². The monoisotopic (exact) mass is 323 g/mol. The summed E-state index contributed by atoms with van der Waals surface area (Å²) in [4.78, 5) is 14.5. The van der Waals surface area contributed by atoms with E-state index in [-0.39, 0.29) is 12.1 Å². The molecular weight excluding hydrogens is 298 g/mol. The van der Waals surface area contributed by atoms with Gasteiger partial charge in [0.15, 0.2) is 0 Å². The lowest BCUT2D eigenvalue weighted by atomic mass is 10.0. The van der Waals surface area contributed by atoms with E-state index in [1.54, 1.807) is 0 Å². The summed E-state index contributed by atoms with van der Waals surface area (Å²) in [5, 5.41) is 6.06. The van der Waals surface area contributed by atoms with E-state index in [2.05, 4.69) is 39.8 Å². The fourth-order valence-electron chi connectivity index (χ4n) is 3.17. The van der Waals surface area contributed by atoms with Gasteiger partial charge < -0.3 is 10.6 Å². The highest BCUT2D eigenvalue weighted by molar-refractivity contribution is 5.74. The minimum atomic E-state index is -0.0783. The lowest BCUT2D eigenvalue weighted by Crippen LogP contribution is -2.50. The average Bonchev–Trinajstić information content (AvgIpc) is 2.62. The number of nitrogens with one attached hydrogen (secondary N) is 2. The third-order valence-corrected chi connectivity index (χ3v) is 4.39. The van der Waals surface area contributed by atoms with Crippen LogP contribution in [0.15, 0.2) is 60.7 Å². The summed E-state index contributed by atoms with van der Waals surface area (Å²) in [6.07, 6.45) is 2.17. The quantitative estimate of drug-likeness (QED) is 0.888. The number of hydrogen-bond acceptors (Lipinski definition) is 2. The van der Waals surface area contributed by atoms with Crippen molar-refractivity contribution in [3.05, 3.63) is 71.8 Å². The predicted molar refractivity (Wildman–Crippen MR) is 96.6 cm³/mol. The zero-order valence-electron chi connectivity index (χ0n) is 13.9. The molecule has 4 nitrogen and oxygen atoms in total. The van der Waals surface area contributed by atoms with Gasteiger partial charge in [0, 0.05) is 25.7 Å². The number of carbonyl (C=O) groups excluding carboxylic acids is 1. The van der Waals surface area contributed by atoms with Crippen LogP contribution in [0.2, 0.25) is 0 Å². The maximum Gasteiger partial charge on any atom is 0.315 e. The normalized spacial score (nSPS) is 18.1. The van der Waals surface area contributed by atoms with Crippen molar-refractivity contribution in [2.24, 2.45) is 0 Å². The standard InChI is InChI=1S/C20H25N3O/c24-20(21-14-17-8-3-1-4-9-17)22-19-12-7-13-23(16-19)15-18-10-5-2-6-11-18/h1-6,8-11,19H,7,12-16H2,(H2,21,22,24)/t19-/m1/s1. The van der Waals surface area contributed by atoms with Crippen molar-refractivity contribution in [2.75, 3.05) is 13.1 Å². The van der Waals surface area contributed by atoms with Crippen LogP contribution in [0, 0.1) is 0 Å². The van der Waals surface area contributed by atoms with E-state index in [4.69, 9.17) is 0 Å². The van der Waals surface area contributed by atoms with Crippen molar-refractivity contribution in [3.63, 3.8) is 0 Å². The van der Waals surface area contributed by atoms with Gasteiger partial charge in [0.25, 0.3) is 0 Å². The van der Waals surface area contributed by atoms with Gasteiger partial charge in [-0.25, -0.2) is 4.79 Å². The van der Waals surface area contributed by atoms with Crippen LogP contribution in [0.4, 0.5) is 4.79 Å². The molecule has 4 heteroatoms. The van der Waals surface area contributed by atoms with Gasteiger partial charge in [-0.2, -0.15) is 0 Å². The second-order valence-corrected chi connectivity index (χ2v) is 6.37. The SMILES string of the molecule is O=C(NCc1ccccc1)N[C@@H]1CCCN(Cc2ccccc2)C1. The van der Waals surface area contributed by atoms with Crippen LogP contribution in [-0.2, 0) is 13.1 Å². The Morgan fingerprint density at radius 2 is 1.67 bits per heavy atom. The molecule has 1 heterocycles.